The summed E-state index contributed by atoms with van der Waals surface area (Å²) < 4.78 is 161. The van der Waals surface area contributed by atoms with E-state index in [0.29, 0.717) is 17.8 Å². The van der Waals surface area contributed by atoms with Crippen LogP contribution in [0.1, 0.15) is 113 Å². The molecule has 2 N–H and O–H groups in total. The van der Waals surface area contributed by atoms with Gasteiger partial charge in [0.05, 0.1) is 24.4 Å². The van der Waals surface area contributed by atoms with Crippen molar-refractivity contribution in [3.8, 4) is 0 Å². The van der Waals surface area contributed by atoms with E-state index in [0.717, 1.165) is 24.3 Å². The summed E-state index contributed by atoms with van der Waals surface area (Å²) in [5, 5.41) is 21.5. The van der Waals surface area contributed by atoms with Crippen LogP contribution in [0.3, 0.4) is 0 Å². The zero-order valence-electron chi connectivity index (χ0n) is 40.4. The summed E-state index contributed by atoms with van der Waals surface area (Å²) >= 11 is 0.757. The summed E-state index contributed by atoms with van der Waals surface area (Å²) in [5.74, 6) is -7.17. The van der Waals surface area contributed by atoms with E-state index in [-0.39, 0.29) is 82.0 Å². The molecule has 1 aromatic rings. The molecule has 1 unspecified atom stereocenters. The number of ketones is 2. The molecule has 19 atom stereocenters. The van der Waals surface area contributed by atoms with Gasteiger partial charge < -0.3 is 33.6 Å². The average Bonchev–Trinajstić information content (AvgIpc) is 4.10. The van der Waals surface area contributed by atoms with E-state index in [2.05, 4.69) is 0 Å². The molecular weight excluding hydrogens is 1050 g/mol. The van der Waals surface area contributed by atoms with E-state index < -0.39 is 162 Å². The van der Waals surface area contributed by atoms with Gasteiger partial charge in [-0.3, -0.25) is 19.2 Å². The lowest BCUT2D eigenvalue weighted by Crippen LogP contribution is -2.70. The third-order valence-corrected chi connectivity index (χ3v) is 20.5. The molecule has 22 heteroatoms. The highest BCUT2D eigenvalue weighted by Gasteiger charge is 2.82. The van der Waals surface area contributed by atoms with E-state index in [1.165, 1.54) is 32.1 Å². The zero-order chi connectivity index (χ0) is 53.2. The Labute approximate surface area is 437 Å². The van der Waals surface area contributed by atoms with Gasteiger partial charge in [-0.15, -0.1) is 0 Å². The molecule has 1 aromatic heterocycles. The highest BCUT2D eigenvalue weighted by molar-refractivity contribution is 8.14. The standard InChI is InChI=1S/C27H26F6O6S.C24H29F3O5S.2CH4/c1-23-6-5-12(34)7-15(23)16(29)8-14-13-9-20-26(22(36)40-11-28,24(13,2)10-18(35)25(14,23)30)39-21(38-20)17-3-4-19(37-17)27(31,32)33;1-20(2)31-18-9-13-14-8-16(26)15-7-12(28)5-6-21(15,3)23(14,27)17(29)10-22(13,4)24(18,32-20)19(30)33-11-25;;/h3-7,13-14,16,18,20-21,35H,8-11H2,1-2H3;5-7,13-14,16-18,29H,8-11H2,1-4H3;2*1H4/t13-,14-,16-,18-,20+,21?,23-,24-,25-,26-;13-,14-,16-,17-,18+,21-,22-,23-,24-;;/m00../s1. The van der Waals surface area contributed by atoms with Crippen LogP contribution in [0, 0.1) is 45.3 Å². The van der Waals surface area contributed by atoms with Crippen molar-refractivity contribution in [1.82, 2.24) is 0 Å². The molecule has 3 heterocycles. The lowest BCUT2D eigenvalue weighted by molar-refractivity contribution is -0.246. The van der Waals surface area contributed by atoms with Crippen molar-refractivity contribution in [3.05, 3.63) is 71.3 Å². The Balaban J connectivity index is 0.000000197. The lowest BCUT2D eigenvalue weighted by atomic mass is 9.44. The third kappa shape index (κ3) is 7.46. The summed E-state index contributed by atoms with van der Waals surface area (Å²) in [7, 11) is 0. The van der Waals surface area contributed by atoms with Crippen molar-refractivity contribution >= 4 is 45.3 Å². The number of hydrogen-bond donors (Lipinski definition) is 2. The smallest absolute Gasteiger partial charge is 0.449 e. The summed E-state index contributed by atoms with van der Waals surface area (Å²) in [5.41, 5.74) is -14.0. The molecule has 10 aliphatic rings. The van der Waals surface area contributed by atoms with Gasteiger partial charge in [0.15, 0.2) is 45.7 Å². The molecule has 416 valence electrons. The van der Waals surface area contributed by atoms with Gasteiger partial charge in [-0.25, -0.2) is 26.3 Å². The van der Waals surface area contributed by atoms with E-state index in [1.807, 2.05) is 0 Å². The summed E-state index contributed by atoms with van der Waals surface area (Å²) in [4.78, 5) is 50.9. The fraction of sp³-hybridized carbons (Fsp3) is 0.698. The number of allylic oxidation sites excluding steroid dienone is 8. The van der Waals surface area contributed by atoms with Crippen molar-refractivity contribution in [2.45, 2.75) is 172 Å². The second-order valence-electron chi connectivity index (χ2n) is 22.6. The molecule has 0 spiro atoms. The number of thioether (sulfide) groups is 2. The van der Waals surface area contributed by atoms with Gasteiger partial charge in [0.25, 0.3) is 0 Å². The van der Waals surface area contributed by atoms with Crippen molar-refractivity contribution in [3.63, 3.8) is 0 Å². The molecule has 11 nitrogen and oxygen atoms in total. The number of alkyl halides is 9. The van der Waals surface area contributed by atoms with Crippen molar-refractivity contribution in [1.29, 1.82) is 0 Å². The first kappa shape index (κ1) is 57.9. The molecule has 8 aliphatic carbocycles. The van der Waals surface area contributed by atoms with E-state index in [1.54, 1.807) is 27.7 Å². The predicted octanol–water partition coefficient (Wildman–Crippen LogP) is 10.8. The van der Waals surface area contributed by atoms with Crippen molar-refractivity contribution in [2.24, 2.45) is 45.3 Å². The van der Waals surface area contributed by atoms with E-state index in [9.17, 15) is 51.3 Å². The van der Waals surface area contributed by atoms with Gasteiger partial charge in [-0.1, -0.05) is 64.4 Å². The number of aliphatic hydroxyl groups is 2. The molecular formula is C53H63F9O11S2. The van der Waals surface area contributed by atoms with Crippen LogP contribution in [-0.2, 0) is 44.3 Å². The Hall–Kier alpha value is -3.25. The number of hydrogen-bond acceptors (Lipinski definition) is 13. The molecule has 0 amide bonds. The number of halogens is 9. The van der Waals surface area contributed by atoms with Gasteiger partial charge in [-0.2, -0.15) is 13.2 Å². The topological polar surface area (TPSA) is 159 Å². The maximum Gasteiger partial charge on any atom is 0.449 e. The second-order valence-corrected chi connectivity index (χ2v) is 24.4. The second kappa shape index (κ2) is 18.4. The first-order valence-electron chi connectivity index (χ1n) is 24.2. The van der Waals surface area contributed by atoms with E-state index in [4.69, 9.17) is 23.4 Å². The molecule has 2 aliphatic heterocycles. The Morgan fingerprint density at radius 2 is 1.13 bits per heavy atom. The number of furan rings is 1. The molecule has 11 rings (SSSR count). The molecule has 2 saturated heterocycles. The van der Waals surface area contributed by atoms with Crippen LogP contribution >= 0.6 is 23.5 Å². The minimum Gasteiger partial charge on any atom is -0.451 e. The Bertz CT molecular complexity index is 2660. The molecule has 0 aromatic carbocycles. The maximum absolute atomic E-state index is 17.4. The number of aliphatic hydroxyl groups excluding tert-OH is 2. The van der Waals surface area contributed by atoms with Gasteiger partial charge in [0.1, 0.15) is 24.4 Å². The number of carbonyl (C=O) groups is 4. The van der Waals surface area contributed by atoms with Crippen LogP contribution in [-0.4, -0.2) is 109 Å². The quantitative estimate of drug-likeness (QED) is 0.269. The number of ether oxygens (including phenoxy) is 4. The fourth-order valence-electron chi connectivity index (χ4n) is 16.0. The Morgan fingerprint density at radius 1 is 0.680 bits per heavy atom. The fourth-order valence-corrected chi connectivity index (χ4v) is 17.5. The van der Waals surface area contributed by atoms with Crippen LogP contribution in [0.4, 0.5) is 39.5 Å². The van der Waals surface area contributed by atoms with Crippen molar-refractivity contribution in [2.75, 3.05) is 12.0 Å². The molecule has 6 saturated carbocycles. The zero-order valence-corrected chi connectivity index (χ0v) is 42.0. The third-order valence-electron chi connectivity index (χ3n) is 19.1. The SMILES string of the molecule is C.C.CC1(C)O[C@@H]2C[C@H]3[C@@H]4C[C@H](F)C5=CC(=O)C=C[C@]5(C)[C@@]4(F)[C@@H](O)C[C@]3(C)[C@]2(C(=O)SCF)O1.C[C@]12C=CC(=O)C=C1[C@@H](F)C[C@H]1[C@@H]3C[C@H]4OC(c5ccc(C(F)(F)F)o5)O[C@@]4(C(=O)SCF)[C@@]3(C)C[C@H](O)[C@@]12F. The molecule has 75 heavy (non-hydrogen) atoms. The molecule has 8 fully saturated rings. The number of carbonyl (C=O) groups excluding carboxylic acids is 4. The average molecular weight is 1110 g/mol. The number of rotatable bonds is 5. The van der Waals surface area contributed by atoms with Crippen molar-refractivity contribution < 1.29 is 92.3 Å². The minimum atomic E-state index is -4.79. The highest BCUT2D eigenvalue weighted by atomic mass is 32.2. The summed E-state index contributed by atoms with van der Waals surface area (Å²) in [6, 6.07) is -0.408. The monoisotopic (exact) mass is 1110 g/mol. The predicted molar refractivity (Wildman–Crippen MR) is 257 cm³/mol. The van der Waals surface area contributed by atoms with Crippen LogP contribution in [0.2, 0.25) is 0 Å². The minimum absolute atomic E-state index is 0. The van der Waals surface area contributed by atoms with E-state index >= 15 is 17.6 Å². The van der Waals surface area contributed by atoms with Gasteiger partial charge in [0, 0.05) is 33.5 Å². The largest absolute Gasteiger partial charge is 0.451 e. The normalized spacial score (nSPS) is 47.3. The van der Waals surface area contributed by atoms with Gasteiger partial charge >= 0.3 is 6.18 Å². The first-order chi connectivity index (χ1) is 33.9. The van der Waals surface area contributed by atoms with Crippen LogP contribution < -0.4 is 0 Å². The van der Waals surface area contributed by atoms with Gasteiger partial charge in [-0.05, 0) is 126 Å². The van der Waals surface area contributed by atoms with Crippen LogP contribution in [0.15, 0.2) is 64.2 Å². The van der Waals surface area contributed by atoms with Crippen LogP contribution in [0.25, 0.3) is 0 Å². The van der Waals surface area contributed by atoms with Crippen LogP contribution in [0.5, 0.6) is 0 Å². The lowest BCUT2D eigenvalue weighted by Gasteiger charge is -2.63. The van der Waals surface area contributed by atoms with Gasteiger partial charge in [0.2, 0.25) is 22.3 Å². The number of fused-ring (bicyclic) bond motifs is 14. The summed E-state index contributed by atoms with van der Waals surface area (Å²) in [6.07, 6.45) is -8.63. The molecule has 0 radical (unpaired) electrons. The Kier molecular flexibility index (Phi) is 14.2. The maximum atomic E-state index is 17.4. The highest BCUT2D eigenvalue weighted by Crippen LogP contribution is 2.75. The Morgan fingerprint density at radius 3 is 1.59 bits per heavy atom. The summed E-state index contributed by atoms with van der Waals surface area (Å²) in [6.45, 7) is 9.60. The first-order valence-corrected chi connectivity index (χ1v) is 26.1. The molecule has 0 bridgehead atoms.